The molecule has 1 aromatic heterocycles. The number of benzene rings is 1. The molecule has 2 aromatic rings. The van der Waals surface area contributed by atoms with E-state index in [9.17, 15) is 0 Å². The van der Waals surface area contributed by atoms with Crippen LogP contribution >= 0.6 is 39.1 Å². The third-order valence-electron chi connectivity index (χ3n) is 1.72. The van der Waals surface area contributed by atoms with Crippen molar-refractivity contribution in [3.8, 4) is 0 Å². The highest BCUT2D eigenvalue weighted by atomic mass is 79.9. The average Bonchev–Trinajstić information content (AvgIpc) is 2.09. The Hall–Kier alpha value is -0.310. The normalized spacial score (nSPS) is 10.7. The van der Waals surface area contributed by atoms with Crippen molar-refractivity contribution in [2.75, 3.05) is 0 Å². The van der Waals surface area contributed by atoms with Gasteiger partial charge >= 0.3 is 0 Å². The summed E-state index contributed by atoms with van der Waals surface area (Å²) in [5.41, 5.74) is 0.806. The van der Waals surface area contributed by atoms with Crippen molar-refractivity contribution in [3.05, 3.63) is 38.9 Å². The molecule has 0 unspecified atom stereocenters. The molecule has 1 heterocycles. The van der Waals surface area contributed by atoms with Gasteiger partial charge in [-0.3, -0.25) is 0 Å². The number of hydrogen-bond donors (Lipinski definition) is 0. The molecule has 1 aromatic carbocycles. The monoisotopic (exact) mass is 275 g/mol. The molecule has 0 radical (unpaired) electrons. The van der Waals surface area contributed by atoms with Gasteiger partial charge in [-0.25, -0.2) is 4.98 Å². The SMILES string of the molecule is Clc1nc2cccc(Cl)c2cc1Br. The first-order chi connectivity index (χ1) is 6.18. The Morgan fingerprint density at radius 1 is 1.23 bits per heavy atom. The number of nitrogens with zero attached hydrogens (tertiary/aromatic N) is 1. The maximum Gasteiger partial charge on any atom is 0.143 e. The highest BCUT2D eigenvalue weighted by Crippen LogP contribution is 2.28. The molecule has 0 bridgehead atoms. The fraction of sp³-hybridized carbons (Fsp3) is 0. The summed E-state index contributed by atoms with van der Waals surface area (Å²) in [6, 6.07) is 7.42. The van der Waals surface area contributed by atoms with Gasteiger partial charge in [0.25, 0.3) is 0 Å². The van der Waals surface area contributed by atoms with Gasteiger partial charge < -0.3 is 0 Å². The molecule has 0 fully saturated rings. The molecule has 4 heteroatoms. The van der Waals surface area contributed by atoms with Gasteiger partial charge in [-0.1, -0.05) is 29.3 Å². The fourth-order valence-electron chi connectivity index (χ4n) is 1.11. The van der Waals surface area contributed by atoms with Crippen molar-refractivity contribution in [2.45, 2.75) is 0 Å². The smallest absolute Gasteiger partial charge is 0.143 e. The van der Waals surface area contributed by atoms with E-state index in [4.69, 9.17) is 23.2 Å². The van der Waals surface area contributed by atoms with E-state index in [0.29, 0.717) is 10.2 Å². The lowest BCUT2D eigenvalue weighted by Crippen LogP contribution is -1.81. The molecule has 0 saturated carbocycles. The lowest BCUT2D eigenvalue weighted by molar-refractivity contribution is 1.39. The van der Waals surface area contributed by atoms with E-state index in [1.165, 1.54) is 0 Å². The molecule has 1 nitrogen and oxygen atoms in total. The molecule has 0 atom stereocenters. The first kappa shape index (κ1) is 9.25. The van der Waals surface area contributed by atoms with Crippen molar-refractivity contribution in [1.29, 1.82) is 0 Å². The van der Waals surface area contributed by atoms with E-state index in [1.807, 2.05) is 24.3 Å². The Bertz CT molecular complexity index is 470. The van der Waals surface area contributed by atoms with Crippen LogP contribution in [0.2, 0.25) is 10.2 Å². The number of fused-ring (bicyclic) bond motifs is 1. The lowest BCUT2D eigenvalue weighted by atomic mass is 10.2. The zero-order valence-electron chi connectivity index (χ0n) is 6.39. The van der Waals surface area contributed by atoms with Gasteiger partial charge in [0.2, 0.25) is 0 Å². The van der Waals surface area contributed by atoms with E-state index >= 15 is 0 Å². The van der Waals surface area contributed by atoms with Gasteiger partial charge in [0.1, 0.15) is 5.15 Å². The minimum atomic E-state index is 0.453. The van der Waals surface area contributed by atoms with Crippen LogP contribution in [0.25, 0.3) is 10.9 Å². The van der Waals surface area contributed by atoms with Crippen LogP contribution in [0.5, 0.6) is 0 Å². The van der Waals surface area contributed by atoms with Crippen molar-refractivity contribution < 1.29 is 0 Å². The Morgan fingerprint density at radius 2 is 2.00 bits per heavy atom. The zero-order valence-corrected chi connectivity index (χ0v) is 9.49. The van der Waals surface area contributed by atoms with E-state index in [0.717, 1.165) is 15.4 Å². The Balaban J connectivity index is 2.89. The molecule has 0 spiro atoms. The second-order valence-corrected chi connectivity index (χ2v) is 4.19. The van der Waals surface area contributed by atoms with Gasteiger partial charge in [0, 0.05) is 10.4 Å². The molecular weight excluding hydrogens is 273 g/mol. The van der Waals surface area contributed by atoms with Crippen LogP contribution in [0, 0.1) is 0 Å². The molecule has 0 aliphatic carbocycles. The molecular formula is C9H4BrCl2N. The van der Waals surface area contributed by atoms with Crippen LogP contribution in [0.4, 0.5) is 0 Å². The highest BCUT2D eigenvalue weighted by Gasteiger charge is 2.04. The summed E-state index contributed by atoms with van der Waals surface area (Å²) in [7, 11) is 0. The first-order valence-corrected chi connectivity index (χ1v) is 5.13. The molecule has 13 heavy (non-hydrogen) atoms. The standard InChI is InChI=1S/C9H4BrCl2N/c10-6-4-5-7(11)2-1-3-8(5)13-9(6)12/h1-4H. The van der Waals surface area contributed by atoms with Crippen LogP contribution in [0.3, 0.4) is 0 Å². The highest BCUT2D eigenvalue weighted by molar-refractivity contribution is 9.10. The maximum atomic E-state index is 5.98. The second-order valence-electron chi connectivity index (χ2n) is 2.57. The molecule has 66 valence electrons. The van der Waals surface area contributed by atoms with E-state index in [-0.39, 0.29) is 0 Å². The van der Waals surface area contributed by atoms with E-state index in [1.54, 1.807) is 0 Å². The largest absolute Gasteiger partial charge is 0.235 e. The Kier molecular flexibility index (Phi) is 2.45. The number of rotatable bonds is 0. The van der Waals surface area contributed by atoms with Crippen molar-refractivity contribution >= 4 is 50.0 Å². The molecule has 2 rings (SSSR count). The third kappa shape index (κ3) is 1.66. The van der Waals surface area contributed by atoms with Gasteiger partial charge in [-0.2, -0.15) is 0 Å². The van der Waals surface area contributed by atoms with E-state index in [2.05, 4.69) is 20.9 Å². The topological polar surface area (TPSA) is 12.9 Å². The van der Waals surface area contributed by atoms with Crippen LogP contribution < -0.4 is 0 Å². The zero-order chi connectivity index (χ0) is 9.42. The first-order valence-electron chi connectivity index (χ1n) is 3.59. The summed E-state index contributed by atoms with van der Waals surface area (Å²) in [4.78, 5) is 4.17. The summed E-state index contributed by atoms with van der Waals surface area (Å²) in [6.07, 6.45) is 0. The Labute approximate surface area is 93.8 Å². The summed E-state index contributed by atoms with van der Waals surface area (Å²) in [6.45, 7) is 0. The van der Waals surface area contributed by atoms with Gasteiger partial charge in [-0.15, -0.1) is 0 Å². The molecule has 0 amide bonds. The molecule has 0 aliphatic rings. The van der Waals surface area contributed by atoms with Gasteiger partial charge in [0.05, 0.1) is 9.99 Å². The minimum absolute atomic E-state index is 0.453. The minimum Gasteiger partial charge on any atom is -0.235 e. The number of halogens is 3. The van der Waals surface area contributed by atoms with Crippen molar-refractivity contribution in [3.63, 3.8) is 0 Å². The van der Waals surface area contributed by atoms with E-state index < -0.39 is 0 Å². The lowest BCUT2D eigenvalue weighted by Gasteiger charge is -2.01. The second kappa shape index (κ2) is 3.45. The Morgan fingerprint density at radius 3 is 2.77 bits per heavy atom. The maximum absolute atomic E-state index is 5.98. The van der Waals surface area contributed by atoms with Crippen LogP contribution in [-0.4, -0.2) is 4.98 Å². The number of pyridine rings is 1. The summed E-state index contributed by atoms with van der Waals surface area (Å²) >= 11 is 15.1. The third-order valence-corrected chi connectivity index (χ3v) is 3.17. The summed E-state index contributed by atoms with van der Waals surface area (Å²) in [5, 5.41) is 2.04. The van der Waals surface area contributed by atoms with Gasteiger partial charge in [0.15, 0.2) is 0 Å². The van der Waals surface area contributed by atoms with Crippen LogP contribution in [-0.2, 0) is 0 Å². The quantitative estimate of drug-likeness (QED) is 0.654. The van der Waals surface area contributed by atoms with Crippen molar-refractivity contribution in [1.82, 2.24) is 4.98 Å². The van der Waals surface area contributed by atoms with Crippen LogP contribution in [0.1, 0.15) is 0 Å². The number of hydrogen-bond acceptors (Lipinski definition) is 1. The number of aromatic nitrogens is 1. The van der Waals surface area contributed by atoms with Crippen molar-refractivity contribution in [2.24, 2.45) is 0 Å². The predicted octanol–water partition coefficient (Wildman–Crippen LogP) is 4.30. The molecule has 0 N–H and O–H groups in total. The van der Waals surface area contributed by atoms with Crippen LogP contribution in [0.15, 0.2) is 28.7 Å². The predicted molar refractivity (Wildman–Crippen MR) is 59.5 cm³/mol. The average molecular weight is 277 g/mol. The molecule has 0 aliphatic heterocycles. The molecule has 0 saturated heterocycles. The summed E-state index contributed by atoms with van der Waals surface area (Å²) < 4.78 is 0.759. The fourth-order valence-corrected chi connectivity index (χ4v) is 1.80. The van der Waals surface area contributed by atoms with Gasteiger partial charge in [-0.05, 0) is 34.1 Å². The summed E-state index contributed by atoms with van der Waals surface area (Å²) in [5.74, 6) is 0.